The van der Waals surface area contributed by atoms with Gasteiger partial charge in [-0.3, -0.25) is 0 Å². The highest BCUT2D eigenvalue weighted by molar-refractivity contribution is 5.53. The highest BCUT2D eigenvalue weighted by Gasteiger charge is 2.22. The lowest BCUT2D eigenvalue weighted by Crippen LogP contribution is -2.39. The van der Waals surface area contributed by atoms with E-state index in [1.807, 2.05) is 11.9 Å². The third-order valence-electron chi connectivity index (χ3n) is 3.27. The van der Waals surface area contributed by atoms with E-state index in [4.69, 9.17) is 10.2 Å². The van der Waals surface area contributed by atoms with E-state index in [0.717, 1.165) is 0 Å². The van der Waals surface area contributed by atoms with E-state index >= 15 is 0 Å². The minimum Gasteiger partial charge on any atom is -0.461 e. The fourth-order valence-corrected chi connectivity index (χ4v) is 1.75. The number of rotatable bonds is 2. The van der Waals surface area contributed by atoms with Crippen molar-refractivity contribution >= 4 is 17.7 Å². The second kappa shape index (κ2) is 4.44. The van der Waals surface area contributed by atoms with Crippen molar-refractivity contribution in [3.8, 4) is 11.6 Å². The second-order valence-corrected chi connectivity index (χ2v) is 5.74. The summed E-state index contributed by atoms with van der Waals surface area (Å²) in [7, 11) is 1.91. The van der Waals surface area contributed by atoms with Crippen molar-refractivity contribution in [1.82, 2.24) is 24.6 Å². The third kappa shape index (κ3) is 2.28. The van der Waals surface area contributed by atoms with Crippen molar-refractivity contribution in [3.05, 3.63) is 18.4 Å². The van der Waals surface area contributed by atoms with Gasteiger partial charge in [0.15, 0.2) is 5.76 Å². The Kier molecular flexibility index (Phi) is 2.82. The normalized spacial score (nSPS) is 12.0. The van der Waals surface area contributed by atoms with Crippen LogP contribution in [0.4, 0.5) is 11.9 Å². The van der Waals surface area contributed by atoms with Crippen molar-refractivity contribution < 1.29 is 4.42 Å². The molecule has 8 heteroatoms. The SMILES string of the molecule is CN(c1nc(N)n2nc(-c3ccco3)nc2n1)C(C)(C)C. The summed E-state index contributed by atoms with van der Waals surface area (Å²) in [6, 6.07) is 3.55. The monoisotopic (exact) mass is 287 g/mol. The van der Waals surface area contributed by atoms with Crippen LogP contribution in [-0.4, -0.2) is 37.2 Å². The van der Waals surface area contributed by atoms with Crippen LogP contribution in [0.5, 0.6) is 0 Å². The van der Waals surface area contributed by atoms with Gasteiger partial charge >= 0.3 is 0 Å². The Morgan fingerprint density at radius 3 is 2.62 bits per heavy atom. The van der Waals surface area contributed by atoms with Crippen LogP contribution in [0, 0.1) is 0 Å². The Labute approximate surface area is 121 Å². The second-order valence-electron chi connectivity index (χ2n) is 5.74. The third-order valence-corrected chi connectivity index (χ3v) is 3.27. The van der Waals surface area contributed by atoms with Gasteiger partial charge < -0.3 is 15.1 Å². The number of hydrogen-bond acceptors (Lipinski definition) is 7. The molecule has 2 N–H and O–H groups in total. The standard InChI is InChI=1S/C13H17N7O/c1-13(2,3)19(4)11-16-10(14)20-12(17-11)15-9(18-20)8-6-5-7-21-8/h5-7H,1-4H3,(H2,14,15,16,17,18). The van der Waals surface area contributed by atoms with Crippen LogP contribution in [0.2, 0.25) is 0 Å². The van der Waals surface area contributed by atoms with E-state index in [1.54, 1.807) is 18.4 Å². The Morgan fingerprint density at radius 2 is 2.00 bits per heavy atom. The molecule has 3 aromatic rings. The van der Waals surface area contributed by atoms with E-state index in [-0.39, 0.29) is 11.5 Å². The minimum atomic E-state index is -0.130. The first-order valence-electron chi connectivity index (χ1n) is 6.54. The van der Waals surface area contributed by atoms with Crippen LogP contribution in [0.3, 0.4) is 0 Å². The maximum absolute atomic E-state index is 5.96. The van der Waals surface area contributed by atoms with Gasteiger partial charge in [-0.15, -0.1) is 5.10 Å². The molecule has 3 heterocycles. The fourth-order valence-electron chi connectivity index (χ4n) is 1.75. The number of anilines is 2. The van der Waals surface area contributed by atoms with Crippen LogP contribution < -0.4 is 10.6 Å². The molecule has 21 heavy (non-hydrogen) atoms. The highest BCUT2D eigenvalue weighted by Crippen LogP contribution is 2.21. The van der Waals surface area contributed by atoms with Crippen molar-refractivity contribution in [3.63, 3.8) is 0 Å². The summed E-state index contributed by atoms with van der Waals surface area (Å²) in [6.45, 7) is 6.19. The Balaban J connectivity index is 2.12. The zero-order valence-electron chi connectivity index (χ0n) is 12.4. The van der Waals surface area contributed by atoms with Gasteiger partial charge in [-0.1, -0.05) is 0 Å². The lowest BCUT2D eigenvalue weighted by molar-refractivity contribution is 0.528. The summed E-state index contributed by atoms with van der Waals surface area (Å²) in [5, 5.41) is 4.26. The molecule has 0 saturated carbocycles. The van der Waals surface area contributed by atoms with Gasteiger partial charge in [0.2, 0.25) is 17.7 Å². The largest absolute Gasteiger partial charge is 0.461 e. The van der Waals surface area contributed by atoms with E-state index in [2.05, 4.69) is 40.8 Å². The number of fused-ring (bicyclic) bond motifs is 1. The Morgan fingerprint density at radius 1 is 1.24 bits per heavy atom. The van der Waals surface area contributed by atoms with E-state index in [1.165, 1.54) is 4.52 Å². The number of aromatic nitrogens is 5. The Hall–Kier alpha value is -2.64. The molecule has 3 rings (SSSR count). The molecule has 0 atom stereocenters. The average Bonchev–Trinajstić information content (AvgIpc) is 3.04. The zero-order valence-corrected chi connectivity index (χ0v) is 12.4. The molecule has 0 aliphatic carbocycles. The molecule has 110 valence electrons. The summed E-state index contributed by atoms with van der Waals surface area (Å²) >= 11 is 0. The van der Waals surface area contributed by atoms with Gasteiger partial charge in [-0.2, -0.15) is 19.5 Å². The molecule has 0 spiro atoms. The van der Waals surface area contributed by atoms with E-state index in [9.17, 15) is 0 Å². The molecule has 0 saturated heterocycles. The summed E-state index contributed by atoms with van der Waals surface area (Å²) in [5.74, 6) is 2.12. The van der Waals surface area contributed by atoms with Gasteiger partial charge in [0.05, 0.1) is 6.26 Å². The average molecular weight is 287 g/mol. The first-order chi connectivity index (χ1) is 9.86. The first kappa shape index (κ1) is 13.3. The fraction of sp³-hybridized carbons (Fsp3) is 0.385. The molecule has 0 radical (unpaired) electrons. The van der Waals surface area contributed by atoms with Crippen LogP contribution >= 0.6 is 0 Å². The summed E-state index contributed by atoms with van der Waals surface area (Å²) in [5.41, 5.74) is 5.83. The summed E-state index contributed by atoms with van der Waals surface area (Å²) in [6.07, 6.45) is 1.56. The van der Waals surface area contributed by atoms with Gasteiger partial charge in [-0.25, -0.2) is 0 Å². The molecule has 0 aromatic carbocycles. The number of nitrogens with two attached hydrogens (primary N) is 1. The van der Waals surface area contributed by atoms with Gasteiger partial charge in [0.25, 0.3) is 5.78 Å². The smallest absolute Gasteiger partial charge is 0.259 e. The van der Waals surface area contributed by atoms with E-state index < -0.39 is 0 Å². The van der Waals surface area contributed by atoms with Crippen LogP contribution in [0.15, 0.2) is 22.8 Å². The maximum atomic E-state index is 5.96. The summed E-state index contributed by atoms with van der Waals surface area (Å²) in [4.78, 5) is 15.0. The number of furan rings is 1. The van der Waals surface area contributed by atoms with Crippen molar-refractivity contribution in [2.24, 2.45) is 0 Å². The molecule has 0 fully saturated rings. The zero-order chi connectivity index (χ0) is 15.2. The highest BCUT2D eigenvalue weighted by atomic mass is 16.3. The molecule has 8 nitrogen and oxygen atoms in total. The number of nitrogens with zero attached hydrogens (tertiary/aromatic N) is 6. The lowest BCUT2D eigenvalue weighted by Gasteiger charge is -2.31. The molecule has 3 aromatic heterocycles. The van der Waals surface area contributed by atoms with Gasteiger partial charge in [0.1, 0.15) is 0 Å². The number of nitrogen functional groups attached to an aromatic ring is 1. The van der Waals surface area contributed by atoms with Crippen molar-refractivity contribution in [2.75, 3.05) is 17.7 Å². The number of hydrogen-bond donors (Lipinski definition) is 1. The van der Waals surface area contributed by atoms with Crippen molar-refractivity contribution in [2.45, 2.75) is 26.3 Å². The van der Waals surface area contributed by atoms with Crippen molar-refractivity contribution in [1.29, 1.82) is 0 Å². The first-order valence-corrected chi connectivity index (χ1v) is 6.54. The van der Waals surface area contributed by atoms with Crippen LogP contribution in [0.25, 0.3) is 17.4 Å². The molecular weight excluding hydrogens is 270 g/mol. The van der Waals surface area contributed by atoms with Gasteiger partial charge in [0, 0.05) is 12.6 Å². The Bertz CT molecular complexity index is 770. The molecule has 0 aliphatic rings. The molecule has 0 unspecified atom stereocenters. The molecular formula is C13H17N7O. The van der Waals surface area contributed by atoms with E-state index in [0.29, 0.717) is 23.3 Å². The van der Waals surface area contributed by atoms with Crippen LogP contribution in [0.1, 0.15) is 20.8 Å². The summed E-state index contributed by atoms with van der Waals surface area (Å²) < 4.78 is 6.68. The topological polar surface area (TPSA) is 98.4 Å². The maximum Gasteiger partial charge on any atom is 0.259 e. The predicted molar refractivity (Wildman–Crippen MR) is 78.8 cm³/mol. The molecule has 0 aliphatic heterocycles. The quantitative estimate of drug-likeness (QED) is 0.764. The molecule has 0 amide bonds. The van der Waals surface area contributed by atoms with Crippen LogP contribution in [-0.2, 0) is 0 Å². The predicted octanol–water partition coefficient (Wildman–Crippen LogP) is 1.60. The van der Waals surface area contributed by atoms with Gasteiger partial charge in [-0.05, 0) is 32.9 Å². The molecule has 0 bridgehead atoms. The minimum absolute atomic E-state index is 0.130. The lowest BCUT2D eigenvalue weighted by atomic mass is 10.1.